The van der Waals surface area contributed by atoms with Crippen molar-refractivity contribution in [3.05, 3.63) is 16.5 Å². The van der Waals surface area contributed by atoms with E-state index in [0.717, 1.165) is 6.42 Å². The van der Waals surface area contributed by atoms with Crippen molar-refractivity contribution in [1.29, 1.82) is 0 Å². The SMILES string of the molecule is CN1CC([N+](=O)[O-])[CH]C1=O. The Morgan fingerprint density at radius 1 is 1.90 bits per heavy atom. The molecular weight excluding hydrogens is 136 g/mol. The number of likely N-dealkylation sites (N-methyl/N-ethyl adjacent to an activating group) is 1. The molecule has 1 saturated heterocycles. The second-order valence-electron chi connectivity index (χ2n) is 2.24. The van der Waals surface area contributed by atoms with E-state index in [4.69, 9.17) is 0 Å². The number of likely N-dealkylation sites (tertiary alicyclic amines) is 1. The van der Waals surface area contributed by atoms with Gasteiger partial charge in [0, 0.05) is 12.0 Å². The van der Waals surface area contributed by atoms with Crippen molar-refractivity contribution >= 4 is 5.91 Å². The first-order valence-corrected chi connectivity index (χ1v) is 2.84. The van der Waals surface area contributed by atoms with E-state index < -0.39 is 11.0 Å². The van der Waals surface area contributed by atoms with Gasteiger partial charge in [-0.3, -0.25) is 14.9 Å². The molecule has 5 nitrogen and oxygen atoms in total. The van der Waals surface area contributed by atoms with Crippen LogP contribution in [-0.4, -0.2) is 35.4 Å². The summed E-state index contributed by atoms with van der Waals surface area (Å²) in [5.41, 5.74) is 0. The molecule has 1 unspecified atom stereocenters. The van der Waals surface area contributed by atoms with E-state index in [1.807, 2.05) is 0 Å². The molecular formula is C5H7N2O3. The zero-order chi connectivity index (χ0) is 7.72. The fraction of sp³-hybridized carbons (Fsp3) is 0.600. The van der Waals surface area contributed by atoms with Gasteiger partial charge in [-0.2, -0.15) is 0 Å². The molecule has 5 heteroatoms. The maximum Gasteiger partial charge on any atom is 0.242 e. The Balaban J connectivity index is 2.57. The van der Waals surface area contributed by atoms with Gasteiger partial charge in [0.05, 0.1) is 6.54 Å². The first-order chi connectivity index (χ1) is 4.61. The molecule has 1 heterocycles. The summed E-state index contributed by atoms with van der Waals surface area (Å²) in [4.78, 5) is 21.6. The summed E-state index contributed by atoms with van der Waals surface area (Å²) in [6, 6.07) is -0.808. The lowest BCUT2D eigenvalue weighted by atomic mass is 10.3. The number of carbonyl (C=O) groups excluding carboxylic acids is 1. The third-order valence-corrected chi connectivity index (χ3v) is 1.44. The summed E-state index contributed by atoms with van der Waals surface area (Å²) in [5.74, 6) is -0.262. The van der Waals surface area contributed by atoms with E-state index in [9.17, 15) is 14.9 Å². The van der Waals surface area contributed by atoms with Gasteiger partial charge in [0.1, 0.15) is 6.42 Å². The maximum atomic E-state index is 10.7. The molecule has 0 aromatic carbocycles. The number of carbonyl (C=O) groups is 1. The minimum Gasteiger partial charge on any atom is -0.338 e. The van der Waals surface area contributed by atoms with E-state index in [2.05, 4.69) is 0 Å². The molecule has 1 rings (SSSR count). The Morgan fingerprint density at radius 3 is 2.70 bits per heavy atom. The first-order valence-electron chi connectivity index (χ1n) is 2.84. The summed E-state index contributed by atoms with van der Waals surface area (Å²) in [5, 5.41) is 10.1. The summed E-state index contributed by atoms with van der Waals surface area (Å²) >= 11 is 0. The summed E-state index contributed by atoms with van der Waals surface area (Å²) in [6.45, 7) is 0.200. The Bertz CT molecular complexity index is 180. The van der Waals surface area contributed by atoms with Crippen molar-refractivity contribution < 1.29 is 9.72 Å². The minimum atomic E-state index is -0.808. The molecule has 0 bridgehead atoms. The molecule has 1 fully saturated rings. The summed E-state index contributed by atoms with van der Waals surface area (Å²) < 4.78 is 0. The van der Waals surface area contributed by atoms with Crippen LogP contribution in [0.5, 0.6) is 0 Å². The molecule has 0 N–H and O–H groups in total. The van der Waals surface area contributed by atoms with Crippen LogP contribution in [0, 0.1) is 16.5 Å². The zero-order valence-corrected chi connectivity index (χ0v) is 5.48. The molecule has 0 aliphatic carbocycles. The summed E-state index contributed by atoms with van der Waals surface area (Å²) in [7, 11) is 1.54. The van der Waals surface area contributed by atoms with E-state index >= 15 is 0 Å². The van der Waals surface area contributed by atoms with E-state index in [1.54, 1.807) is 7.05 Å². The normalized spacial score (nSPS) is 25.5. The highest BCUT2D eigenvalue weighted by atomic mass is 16.6. The van der Waals surface area contributed by atoms with Crippen LogP contribution in [0.2, 0.25) is 0 Å². The summed E-state index contributed by atoms with van der Waals surface area (Å²) in [6.07, 6.45) is 1.12. The van der Waals surface area contributed by atoms with Gasteiger partial charge in [-0.05, 0) is 0 Å². The number of hydrogen-bond acceptors (Lipinski definition) is 3. The third kappa shape index (κ3) is 1.07. The largest absolute Gasteiger partial charge is 0.338 e. The van der Waals surface area contributed by atoms with Crippen molar-refractivity contribution in [1.82, 2.24) is 4.90 Å². The van der Waals surface area contributed by atoms with Gasteiger partial charge in [0.25, 0.3) is 0 Å². The maximum absolute atomic E-state index is 10.7. The predicted octanol–water partition coefficient (Wildman–Crippen LogP) is -0.692. The third-order valence-electron chi connectivity index (χ3n) is 1.44. The van der Waals surface area contributed by atoms with Crippen LogP contribution in [0.4, 0.5) is 0 Å². The molecule has 55 valence electrons. The zero-order valence-electron chi connectivity index (χ0n) is 5.48. The van der Waals surface area contributed by atoms with Crippen LogP contribution in [0.15, 0.2) is 0 Å². The van der Waals surface area contributed by atoms with E-state index in [-0.39, 0.29) is 12.5 Å². The van der Waals surface area contributed by atoms with Gasteiger partial charge < -0.3 is 4.90 Å². The number of hydrogen-bond donors (Lipinski definition) is 0. The lowest BCUT2D eigenvalue weighted by Crippen LogP contribution is -2.24. The molecule has 1 aliphatic rings. The number of rotatable bonds is 1. The molecule has 0 spiro atoms. The standard InChI is InChI=1S/C5H7N2O3/c1-6-3-4(7(9)10)2-5(6)8/h2,4H,3H2,1H3. The van der Waals surface area contributed by atoms with Gasteiger partial charge in [-0.25, -0.2) is 0 Å². The highest BCUT2D eigenvalue weighted by molar-refractivity contribution is 5.87. The second kappa shape index (κ2) is 2.24. The molecule has 1 radical (unpaired) electrons. The van der Waals surface area contributed by atoms with Crippen LogP contribution in [0.25, 0.3) is 0 Å². The molecule has 10 heavy (non-hydrogen) atoms. The number of nitrogens with zero attached hydrogens (tertiary/aromatic N) is 2. The van der Waals surface area contributed by atoms with E-state index in [1.165, 1.54) is 4.90 Å². The Kier molecular flexibility index (Phi) is 1.57. The second-order valence-corrected chi connectivity index (χ2v) is 2.24. The Hall–Kier alpha value is -1.13. The number of nitro groups is 1. The fourth-order valence-corrected chi connectivity index (χ4v) is 0.843. The average molecular weight is 143 g/mol. The lowest BCUT2D eigenvalue weighted by molar-refractivity contribution is -0.509. The highest BCUT2D eigenvalue weighted by Gasteiger charge is 2.35. The molecule has 1 atom stereocenters. The van der Waals surface area contributed by atoms with Gasteiger partial charge in [0.15, 0.2) is 0 Å². The minimum absolute atomic E-state index is 0.200. The number of amides is 1. The van der Waals surface area contributed by atoms with Crippen LogP contribution >= 0.6 is 0 Å². The topological polar surface area (TPSA) is 63.4 Å². The molecule has 1 aliphatic heterocycles. The van der Waals surface area contributed by atoms with E-state index in [0.29, 0.717) is 0 Å². The van der Waals surface area contributed by atoms with Gasteiger partial charge >= 0.3 is 0 Å². The van der Waals surface area contributed by atoms with Crippen molar-refractivity contribution in [3.63, 3.8) is 0 Å². The average Bonchev–Trinajstić information content (AvgIpc) is 2.13. The molecule has 1 amide bonds. The monoisotopic (exact) mass is 143 g/mol. The van der Waals surface area contributed by atoms with Crippen molar-refractivity contribution in [2.24, 2.45) is 0 Å². The van der Waals surface area contributed by atoms with Crippen molar-refractivity contribution in [2.75, 3.05) is 13.6 Å². The highest BCUT2D eigenvalue weighted by Crippen LogP contribution is 2.09. The van der Waals surface area contributed by atoms with Gasteiger partial charge in [-0.1, -0.05) is 0 Å². The van der Waals surface area contributed by atoms with Crippen molar-refractivity contribution in [3.8, 4) is 0 Å². The first kappa shape index (κ1) is 6.98. The van der Waals surface area contributed by atoms with Crippen LogP contribution < -0.4 is 0 Å². The Morgan fingerprint density at radius 2 is 2.50 bits per heavy atom. The molecule has 0 saturated carbocycles. The van der Waals surface area contributed by atoms with Crippen LogP contribution in [-0.2, 0) is 4.79 Å². The molecule has 0 aromatic heterocycles. The predicted molar refractivity (Wildman–Crippen MR) is 32.7 cm³/mol. The van der Waals surface area contributed by atoms with Crippen LogP contribution in [0.3, 0.4) is 0 Å². The smallest absolute Gasteiger partial charge is 0.242 e. The fourth-order valence-electron chi connectivity index (χ4n) is 0.843. The quantitative estimate of drug-likeness (QED) is 0.360. The lowest BCUT2D eigenvalue weighted by Gasteiger charge is -2.03. The van der Waals surface area contributed by atoms with Crippen LogP contribution in [0.1, 0.15) is 0 Å². The Labute approximate surface area is 57.8 Å². The van der Waals surface area contributed by atoms with Crippen molar-refractivity contribution in [2.45, 2.75) is 6.04 Å². The van der Waals surface area contributed by atoms with Gasteiger partial charge in [0.2, 0.25) is 11.9 Å². The molecule has 0 aromatic rings. The van der Waals surface area contributed by atoms with Gasteiger partial charge in [-0.15, -0.1) is 0 Å².